The van der Waals surface area contributed by atoms with Gasteiger partial charge in [-0.3, -0.25) is 0 Å². The first-order chi connectivity index (χ1) is 20.3. The molecule has 9 heteroatoms. The van der Waals surface area contributed by atoms with Gasteiger partial charge in [0, 0.05) is 5.92 Å². The summed E-state index contributed by atoms with van der Waals surface area (Å²) in [5.74, 6) is 0.285. The molecule has 9 nitrogen and oxygen atoms in total. The number of rotatable bonds is 4. The summed E-state index contributed by atoms with van der Waals surface area (Å²) in [6.45, 7) is 14.8. The van der Waals surface area contributed by atoms with Crippen molar-refractivity contribution in [1.82, 2.24) is 0 Å². The van der Waals surface area contributed by atoms with Crippen LogP contribution in [0.4, 0.5) is 0 Å². The SMILES string of the molecule is CC(C)(O)C1CC[C@@](C)([C@H]2C(O)C[C@@]3(C)[C@@H]4CC(O)[C@H]5C(C)(C)C(O[C@H]6OC[C@@H](O)[C@H](O)[C@H]6O)CC[C@@]56C[C@@]46CC[C@]23C)O1. The van der Waals surface area contributed by atoms with Crippen LogP contribution in [-0.2, 0) is 14.2 Å². The van der Waals surface area contributed by atoms with E-state index in [9.17, 15) is 30.6 Å². The van der Waals surface area contributed by atoms with E-state index < -0.39 is 53.4 Å². The number of fused-ring (bicyclic) bond motifs is 2. The van der Waals surface area contributed by atoms with Crippen molar-refractivity contribution in [1.29, 1.82) is 0 Å². The van der Waals surface area contributed by atoms with Crippen LogP contribution < -0.4 is 0 Å². The fraction of sp³-hybridized carbons (Fsp3) is 1.00. The summed E-state index contributed by atoms with van der Waals surface area (Å²) in [5.41, 5.74) is -2.01. The highest BCUT2D eigenvalue weighted by Crippen LogP contribution is 2.89. The largest absolute Gasteiger partial charge is 0.393 e. The zero-order valence-corrected chi connectivity index (χ0v) is 27.8. The molecule has 7 rings (SSSR count). The molecule has 2 heterocycles. The third kappa shape index (κ3) is 3.97. The van der Waals surface area contributed by atoms with E-state index in [-0.39, 0.29) is 52.3 Å². The topological polar surface area (TPSA) is 149 Å². The lowest BCUT2D eigenvalue weighted by molar-refractivity contribution is -0.306. The molecule has 0 radical (unpaired) electrons. The van der Waals surface area contributed by atoms with E-state index in [1.165, 1.54) is 0 Å². The van der Waals surface area contributed by atoms with E-state index in [0.29, 0.717) is 18.8 Å². The van der Waals surface area contributed by atoms with Crippen LogP contribution in [-0.4, -0.2) is 97.5 Å². The average Bonchev–Trinajstić information content (AvgIpc) is 3.27. The minimum Gasteiger partial charge on any atom is -0.393 e. The lowest BCUT2D eigenvalue weighted by Crippen LogP contribution is -2.63. The van der Waals surface area contributed by atoms with Gasteiger partial charge in [-0.05, 0) is 117 Å². The second kappa shape index (κ2) is 9.63. The molecule has 0 aromatic carbocycles. The van der Waals surface area contributed by atoms with Crippen LogP contribution in [0.1, 0.15) is 106 Å². The smallest absolute Gasteiger partial charge is 0.186 e. The van der Waals surface area contributed by atoms with Gasteiger partial charge in [0.15, 0.2) is 6.29 Å². The Labute approximate surface area is 262 Å². The lowest BCUT2D eigenvalue weighted by atomic mass is 9.41. The first-order valence-corrected chi connectivity index (χ1v) is 17.4. The monoisotopic (exact) mass is 622 g/mol. The molecular weight excluding hydrogens is 564 g/mol. The summed E-state index contributed by atoms with van der Waals surface area (Å²) in [7, 11) is 0. The molecule has 2 saturated heterocycles. The first kappa shape index (κ1) is 32.2. The summed E-state index contributed by atoms with van der Waals surface area (Å²) >= 11 is 0. The lowest BCUT2D eigenvalue weighted by Gasteiger charge is -2.64. The number of ether oxygens (including phenoxy) is 3. The molecule has 7 fully saturated rings. The Morgan fingerprint density at radius 3 is 2.11 bits per heavy atom. The molecule has 4 unspecified atom stereocenters. The number of aliphatic hydroxyl groups excluding tert-OH is 5. The molecule has 0 aromatic heterocycles. The standard InChI is InChI=1S/C35H58O9/c1-29(2)22(43-28-25(40)24(39)20(38)16-42-28)9-11-35-17-34(35)13-12-31(5)27(33(7)10-8-23(44-33)30(3,4)41)19(37)15-32(31,6)21(34)14-18(36)26(29)35/h18-28,36-41H,8-17H2,1-7H3/t18?,19?,20-,21+,22?,23?,24+,25-,26+,27+,28-,31-,32+,33+,34+,35-/m1/s1. The molecule has 0 aromatic rings. The molecule has 0 amide bonds. The van der Waals surface area contributed by atoms with Gasteiger partial charge in [0.1, 0.15) is 18.3 Å². The second-order valence-electron chi connectivity index (χ2n) is 18.3. The van der Waals surface area contributed by atoms with Crippen LogP contribution in [0.3, 0.4) is 0 Å². The maximum Gasteiger partial charge on any atom is 0.186 e. The van der Waals surface area contributed by atoms with Gasteiger partial charge in [-0.15, -0.1) is 0 Å². The third-order valence-electron chi connectivity index (χ3n) is 15.5. The molecule has 44 heavy (non-hydrogen) atoms. The fourth-order valence-corrected chi connectivity index (χ4v) is 13.4. The summed E-state index contributed by atoms with van der Waals surface area (Å²) in [5, 5.41) is 65.5. The van der Waals surface area contributed by atoms with E-state index in [0.717, 1.165) is 44.9 Å². The van der Waals surface area contributed by atoms with Crippen molar-refractivity contribution in [3.05, 3.63) is 0 Å². The third-order valence-corrected chi connectivity index (χ3v) is 15.5. The van der Waals surface area contributed by atoms with Crippen molar-refractivity contribution >= 4 is 0 Å². The molecule has 2 aliphatic heterocycles. The van der Waals surface area contributed by atoms with Crippen molar-refractivity contribution in [2.75, 3.05) is 6.61 Å². The predicted molar refractivity (Wildman–Crippen MR) is 161 cm³/mol. The Hall–Kier alpha value is -0.360. The van der Waals surface area contributed by atoms with Crippen molar-refractivity contribution < 1.29 is 44.8 Å². The molecule has 16 atom stereocenters. The Bertz CT molecular complexity index is 1160. The molecule has 6 N–H and O–H groups in total. The first-order valence-electron chi connectivity index (χ1n) is 17.4. The molecule has 7 aliphatic rings. The maximum atomic E-state index is 12.1. The minimum atomic E-state index is -1.33. The Morgan fingerprint density at radius 2 is 1.45 bits per heavy atom. The minimum absolute atomic E-state index is 0.00753. The Kier molecular flexibility index (Phi) is 7.04. The van der Waals surface area contributed by atoms with Crippen LogP contribution in [0.5, 0.6) is 0 Å². The zero-order valence-electron chi connectivity index (χ0n) is 27.8. The van der Waals surface area contributed by atoms with Gasteiger partial charge >= 0.3 is 0 Å². The van der Waals surface area contributed by atoms with Gasteiger partial charge in [0.2, 0.25) is 0 Å². The highest BCUT2D eigenvalue weighted by Gasteiger charge is 2.85. The molecule has 0 bridgehead atoms. The van der Waals surface area contributed by atoms with E-state index in [1.54, 1.807) is 0 Å². The van der Waals surface area contributed by atoms with E-state index in [4.69, 9.17) is 14.2 Å². The second-order valence-corrected chi connectivity index (χ2v) is 18.3. The maximum absolute atomic E-state index is 12.1. The van der Waals surface area contributed by atoms with Gasteiger partial charge in [0.05, 0.1) is 42.2 Å². The quantitative estimate of drug-likeness (QED) is 0.260. The molecule has 252 valence electrons. The van der Waals surface area contributed by atoms with E-state index in [1.807, 2.05) is 13.8 Å². The highest BCUT2D eigenvalue weighted by atomic mass is 16.7. The van der Waals surface area contributed by atoms with Crippen molar-refractivity contribution in [2.24, 2.45) is 44.8 Å². The van der Waals surface area contributed by atoms with Crippen LogP contribution in [0.15, 0.2) is 0 Å². The number of hydrogen-bond acceptors (Lipinski definition) is 9. The zero-order chi connectivity index (χ0) is 32.0. The molecule has 2 spiro atoms. The summed E-state index contributed by atoms with van der Waals surface area (Å²) in [6.07, 6.45) is 1.57. The van der Waals surface area contributed by atoms with E-state index >= 15 is 0 Å². The van der Waals surface area contributed by atoms with Gasteiger partial charge in [-0.1, -0.05) is 27.7 Å². The van der Waals surface area contributed by atoms with Crippen LogP contribution in [0.25, 0.3) is 0 Å². The van der Waals surface area contributed by atoms with Gasteiger partial charge < -0.3 is 44.8 Å². The van der Waals surface area contributed by atoms with E-state index in [2.05, 4.69) is 34.6 Å². The normalized spacial score (nSPS) is 59.8. The molecule has 5 saturated carbocycles. The predicted octanol–water partition coefficient (Wildman–Crippen LogP) is 2.90. The van der Waals surface area contributed by atoms with Gasteiger partial charge in [-0.25, -0.2) is 0 Å². The van der Waals surface area contributed by atoms with Crippen molar-refractivity contribution in [3.63, 3.8) is 0 Å². The fourth-order valence-electron chi connectivity index (χ4n) is 13.4. The highest BCUT2D eigenvalue weighted by molar-refractivity contribution is 5.33. The number of hydrogen-bond donors (Lipinski definition) is 6. The van der Waals surface area contributed by atoms with Gasteiger partial charge in [0.25, 0.3) is 0 Å². The molecule has 5 aliphatic carbocycles. The van der Waals surface area contributed by atoms with Gasteiger partial charge in [-0.2, -0.15) is 0 Å². The number of aliphatic hydroxyl groups is 6. The van der Waals surface area contributed by atoms with Crippen molar-refractivity contribution in [3.8, 4) is 0 Å². The summed E-state index contributed by atoms with van der Waals surface area (Å²) in [4.78, 5) is 0. The average molecular weight is 623 g/mol. The summed E-state index contributed by atoms with van der Waals surface area (Å²) in [6, 6.07) is 0. The summed E-state index contributed by atoms with van der Waals surface area (Å²) < 4.78 is 18.7. The van der Waals surface area contributed by atoms with Crippen molar-refractivity contribution in [2.45, 2.75) is 166 Å². The van der Waals surface area contributed by atoms with Crippen LogP contribution >= 0.6 is 0 Å². The van der Waals surface area contributed by atoms with Crippen LogP contribution in [0, 0.1) is 44.8 Å². The molecular formula is C35H58O9. The Morgan fingerprint density at radius 1 is 0.750 bits per heavy atom. The van der Waals surface area contributed by atoms with Crippen LogP contribution in [0.2, 0.25) is 0 Å². The Balaban J connectivity index is 1.15.